The quantitative estimate of drug-likeness (QED) is 0.338. The summed E-state index contributed by atoms with van der Waals surface area (Å²) in [6.45, 7) is 6.47. The number of aromatic nitrogens is 2. The molecule has 1 aromatic heterocycles. The van der Waals surface area contributed by atoms with Crippen LogP contribution in [0.25, 0.3) is 16.7 Å². The van der Waals surface area contributed by atoms with Crippen molar-refractivity contribution in [2.45, 2.75) is 39.8 Å². The molecule has 0 bridgehead atoms. The standard InChI is InChI=1S/C27H26FN3O3.Na.H/c1-4-27-30-22-11-8-19(28)12-24(22)31(27)23-7-5-6-18(16(23)2)14-29-20-9-10-21-25(13-20)33-15-26(21)34-17(3)32;;/h5-13,26,29H,4,14-15H2,1-3H3;;/q;+1;-1/t26-;;/m1../s1. The van der Waals surface area contributed by atoms with Crippen molar-refractivity contribution >= 4 is 22.7 Å². The Kier molecular flexibility index (Phi) is 7.50. The number of hydrogen-bond donors (Lipinski definition) is 1. The summed E-state index contributed by atoms with van der Waals surface area (Å²) in [5.41, 5.74) is 6.56. The van der Waals surface area contributed by atoms with E-state index in [0.29, 0.717) is 13.2 Å². The molecule has 0 spiro atoms. The topological polar surface area (TPSA) is 65.4 Å². The first-order valence-corrected chi connectivity index (χ1v) is 11.4. The van der Waals surface area contributed by atoms with E-state index in [2.05, 4.69) is 29.8 Å². The summed E-state index contributed by atoms with van der Waals surface area (Å²) < 4.78 is 27.1. The number of carbonyl (C=O) groups excluding carboxylic acids is 1. The molecule has 3 aromatic carbocycles. The van der Waals surface area contributed by atoms with Crippen molar-refractivity contribution in [1.82, 2.24) is 9.55 Å². The van der Waals surface area contributed by atoms with Crippen molar-refractivity contribution in [2.24, 2.45) is 0 Å². The number of benzene rings is 3. The normalized spacial score (nSPS) is 14.2. The fraction of sp³-hybridized carbons (Fsp3) is 0.259. The summed E-state index contributed by atoms with van der Waals surface area (Å²) in [5.74, 6) is 1.02. The van der Waals surface area contributed by atoms with Gasteiger partial charge in [0.15, 0.2) is 6.10 Å². The summed E-state index contributed by atoms with van der Waals surface area (Å²) in [7, 11) is 0. The first-order valence-electron chi connectivity index (χ1n) is 11.4. The average molecular weight is 484 g/mol. The molecule has 1 aliphatic heterocycles. The van der Waals surface area contributed by atoms with Crippen LogP contribution in [0.2, 0.25) is 0 Å². The van der Waals surface area contributed by atoms with Gasteiger partial charge in [0.1, 0.15) is 24.0 Å². The van der Waals surface area contributed by atoms with E-state index in [1.165, 1.54) is 13.0 Å². The zero-order valence-electron chi connectivity index (χ0n) is 21.4. The monoisotopic (exact) mass is 483 g/mol. The number of ether oxygens (including phenoxy) is 2. The van der Waals surface area contributed by atoms with Crippen LogP contribution in [0.15, 0.2) is 54.6 Å². The van der Waals surface area contributed by atoms with Gasteiger partial charge in [-0.25, -0.2) is 9.37 Å². The summed E-state index contributed by atoms with van der Waals surface area (Å²) in [6.07, 6.45) is 0.380. The molecule has 0 amide bonds. The van der Waals surface area contributed by atoms with E-state index >= 15 is 0 Å². The van der Waals surface area contributed by atoms with Gasteiger partial charge in [-0.3, -0.25) is 9.36 Å². The number of hydrogen-bond acceptors (Lipinski definition) is 5. The molecule has 1 atom stereocenters. The van der Waals surface area contributed by atoms with Crippen molar-refractivity contribution in [3.05, 3.63) is 82.9 Å². The predicted molar refractivity (Wildman–Crippen MR) is 130 cm³/mol. The molecule has 0 fully saturated rings. The van der Waals surface area contributed by atoms with Crippen LogP contribution in [0.1, 0.15) is 43.9 Å². The molecule has 1 N–H and O–H groups in total. The molecule has 0 unspecified atom stereocenters. The van der Waals surface area contributed by atoms with E-state index < -0.39 is 0 Å². The SMILES string of the molecule is CCc1nc2ccc(F)cc2n1-c1cccc(CNc2ccc3c(c2)OC[C@H]3OC(C)=O)c1C.[H-].[Na+]. The number of carbonyl (C=O) groups is 1. The minimum absolute atomic E-state index is 0. The van der Waals surface area contributed by atoms with Gasteiger partial charge in [0, 0.05) is 43.3 Å². The number of nitrogens with zero attached hydrogens (tertiary/aromatic N) is 2. The van der Waals surface area contributed by atoms with E-state index in [-0.39, 0.29) is 48.9 Å². The number of imidazole rings is 1. The van der Waals surface area contributed by atoms with Crippen LogP contribution in [0, 0.1) is 12.7 Å². The van der Waals surface area contributed by atoms with Gasteiger partial charge in [0.2, 0.25) is 0 Å². The number of halogens is 1. The number of rotatable bonds is 6. The van der Waals surface area contributed by atoms with Crippen LogP contribution < -0.4 is 39.6 Å². The minimum atomic E-state index is -0.358. The number of anilines is 1. The van der Waals surface area contributed by atoms with Crippen LogP contribution in [0.4, 0.5) is 10.1 Å². The average Bonchev–Trinajstić information content (AvgIpc) is 3.38. The molecular formula is C27H27FN3NaO3. The van der Waals surface area contributed by atoms with E-state index in [4.69, 9.17) is 14.5 Å². The van der Waals surface area contributed by atoms with E-state index in [1.54, 1.807) is 12.1 Å². The second kappa shape index (κ2) is 10.4. The Morgan fingerprint density at radius 1 is 1.26 bits per heavy atom. The third-order valence-electron chi connectivity index (χ3n) is 6.20. The summed E-state index contributed by atoms with van der Waals surface area (Å²) in [6, 6.07) is 16.7. The maximum absolute atomic E-state index is 14.0. The Morgan fingerprint density at radius 2 is 2.09 bits per heavy atom. The Labute approximate surface area is 227 Å². The first kappa shape index (κ1) is 25.2. The summed E-state index contributed by atoms with van der Waals surface area (Å²) in [4.78, 5) is 16.0. The number of fused-ring (bicyclic) bond motifs is 2. The third kappa shape index (κ3) is 4.94. The Hall–Kier alpha value is -2.87. The van der Waals surface area contributed by atoms with Gasteiger partial charge in [0.25, 0.3) is 0 Å². The zero-order chi connectivity index (χ0) is 23.8. The van der Waals surface area contributed by atoms with Crippen LogP contribution in [0.3, 0.4) is 0 Å². The van der Waals surface area contributed by atoms with Gasteiger partial charge < -0.3 is 16.2 Å². The molecule has 35 heavy (non-hydrogen) atoms. The third-order valence-corrected chi connectivity index (χ3v) is 6.20. The second-order valence-electron chi connectivity index (χ2n) is 8.43. The molecule has 0 saturated heterocycles. The minimum Gasteiger partial charge on any atom is -1.00 e. The van der Waals surface area contributed by atoms with Gasteiger partial charge >= 0.3 is 35.5 Å². The van der Waals surface area contributed by atoms with Crippen LogP contribution in [0.5, 0.6) is 5.75 Å². The van der Waals surface area contributed by atoms with Gasteiger partial charge in [-0.2, -0.15) is 0 Å². The fourth-order valence-corrected chi connectivity index (χ4v) is 4.49. The van der Waals surface area contributed by atoms with Crippen molar-refractivity contribution in [3.8, 4) is 11.4 Å². The Morgan fingerprint density at radius 3 is 2.86 bits per heavy atom. The molecule has 0 saturated carbocycles. The maximum atomic E-state index is 14.0. The Balaban J connectivity index is 0.00000180. The zero-order valence-corrected chi connectivity index (χ0v) is 22.4. The fourth-order valence-electron chi connectivity index (χ4n) is 4.49. The molecule has 6 nitrogen and oxygen atoms in total. The summed E-state index contributed by atoms with van der Waals surface area (Å²) in [5, 5.41) is 3.46. The van der Waals surface area contributed by atoms with E-state index in [0.717, 1.165) is 57.1 Å². The van der Waals surface area contributed by atoms with Crippen molar-refractivity contribution in [2.75, 3.05) is 11.9 Å². The van der Waals surface area contributed by atoms with Crippen molar-refractivity contribution < 1.29 is 49.6 Å². The van der Waals surface area contributed by atoms with Crippen molar-refractivity contribution in [1.29, 1.82) is 0 Å². The molecule has 4 aromatic rings. The molecule has 0 aliphatic carbocycles. The van der Waals surface area contributed by atoms with Crippen molar-refractivity contribution in [3.63, 3.8) is 0 Å². The van der Waals surface area contributed by atoms with Gasteiger partial charge in [-0.05, 0) is 48.4 Å². The maximum Gasteiger partial charge on any atom is 1.00 e. The summed E-state index contributed by atoms with van der Waals surface area (Å²) >= 11 is 0. The number of nitrogens with one attached hydrogen (secondary N) is 1. The molecule has 176 valence electrons. The van der Waals surface area contributed by atoms with Crippen LogP contribution in [-0.4, -0.2) is 22.1 Å². The molecule has 0 radical (unpaired) electrons. The van der Waals surface area contributed by atoms with Gasteiger partial charge in [-0.15, -0.1) is 0 Å². The largest absolute Gasteiger partial charge is 1.00 e. The second-order valence-corrected chi connectivity index (χ2v) is 8.43. The van der Waals surface area contributed by atoms with Gasteiger partial charge in [-0.1, -0.05) is 19.1 Å². The predicted octanol–water partition coefficient (Wildman–Crippen LogP) is 2.76. The van der Waals surface area contributed by atoms with E-state index in [1.807, 2.05) is 30.3 Å². The van der Waals surface area contributed by atoms with Crippen LogP contribution in [-0.2, 0) is 22.5 Å². The molecule has 1 aliphatic rings. The van der Waals surface area contributed by atoms with E-state index in [9.17, 15) is 9.18 Å². The molecule has 8 heteroatoms. The number of aryl methyl sites for hydroxylation is 1. The van der Waals surface area contributed by atoms with Crippen LogP contribution >= 0.6 is 0 Å². The molecule has 5 rings (SSSR count). The Bertz CT molecular complexity index is 1410. The first-order chi connectivity index (χ1) is 16.4. The molecular weight excluding hydrogens is 456 g/mol. The smallest absolute Gasteiger partial charge is 1.00 e. The van der Waals surface area contributed by atoms with Gasteiger partial charge in [0.05, 0.1) is 16.7 Å². The molecule has 2 heterocycles. The number of esters is 1.